The van der Waals surface area contributed by atoms with E-state index >= 15 is 0 Å². The molecular weight excluding hydrogens is 552 g/mol. The van der Waals surface area contributed by atoms with Crippen molar-refractivity contribution in [2.75, 3.05) is 13.9 Å². The number of ether oxygens (including phenoxy) is 3. The summed E-state index contributed by atoms with van der Waals surface area (Å²) in [7, 11) is 1.68. The molecule has 0 spiro atoms. The number of fused-ring (bicyclic) bond motifs is 3. The van der Waals surface area contributed by atoms with Gasteiger partial charge < -0.3 is 18.8 Å². The molecule has 1 aliphatic rings. The van der Waals surface area contributed by atoms with Gasteiger partial charge in [0, 0.05) is 34.8 Å². The first kappa shape index (κ1) is 27.5. The van der Waals surface area contributed by atoms with Crippen molar-refractivity contribution in [3.63, 3.8) is 0 Å². The van der Waals surface area contributed by atoms with Crippen LogP contribution in [0.15, 0.2) is 95.0 Å². The number of aromatic nitrogens is 3. The number of benzene rings is 4. The second kappa shape index (κ2) is 11.0. The lowest BCUT2D eigenvalue weighted by Gasteiger charge is -2.17. The summed E-state index contributed by atoms with van der Waals surface area (Å²) in [4.78, 5) is 18.9. The van der Waals surface area contributed by atoms with E-state index in [-0.39, 0.29) is 18.3 Å². The van der Waals surface area contributed by atoms with E-state index in [1.54, 1.807) is 19.4 Å². The molecule has 2 aromatic heterocycles. The zero-order valence-electron chi connectivity index (χ0n) is 25.1. The first-order valence-corrected chi connectivity index (χ1v) is 14.6. The molecular formula is C36H32N4O4. The molecule has 3 heterocycles. The number of nitrogens with zero attached hydrogens (tertiary/aromatic N) is 4. The number of para-hydroxylation sites is 2. The van der Waals surface area contributed by atoms with Crippen molar-refractivity contribution in [1.82, 2.24) is 14.2 Å². The van der Waals surface area contributed by atoms with Gasteiger partial charge in [-0.3, -0.25) is 4.79 Å². The Labute approximate surface area is 254 Å². The highest BCUT2D eigenvalue weighted by molar-refractivity contribution is 5.99. The maximum Gasteiger partial charge on any atom is 0.282 e. The fraction of sp³-hybridized carbons (Fsp3) is 0.194. The Balaban J connectivity index is 1.36. The van der Waals surface area contributed by atoms with Gasteiger partial charge >= 0.3 is 0 Å². The predicted octanol–water partition coefficient (Wildman–Crippen LogP) is 7.12. The molecule has 7 rings (SSSR count). The fourth-order valence-corrected chi connectivity index (χ4v) is 5.84. The molecule has 8 nitrogen and oxygen atoms in total. The average Bonchev–Trinajstić information content (AvgIpc) is 3.64. The third-order valence-corrected chi connectivity index (χ3v) is 8.12. The number of hydrogen-bond acceptors (Lipinski definition) is 6. The van der Waals surface area contributed by atoms with Crippen molar-refractivity contribution in [3.05, 3.63) is 118 Å². The third kappa shape index (κ3) is 4.78. The summed E-state index contributed by atoms with van der Waals surface area (Å²) in [6.07, 6.45) is 3.81. The van der Waals surface area contributed by atoms with E-state index in [0.29, 0.717) is 23.3 Å². The summed E-state index contributed by atoms with van der Waals surface area (Å²) < 4.78 is 20.4. The summed E-state index contributed by atoms with van der Waals surface area (Å²) >= 11 is 0. The molecule has 0 saturated carbocycles. The van der Waals surface area contributed by atoms with E-state index < -0.39 is 0 Å². The first-order valence-electron chi connectivity index (χ1n) is 14.6. The van der Waals surface area contributed by atoms with Crippen LogP contribution in [0.4, 0.5) is 0 Å². The maximum absolute atomic E-state index is 14.0. The average molecular weight is 585 g/mol. The molecule has 0 bridgehead atoms. The lowest BCUT2D eigenvalue weighted by Crippen LogP contribution is -2.20. The van der Waals surface area contributed by atoms with Gasteiger partial charge in [-0.1, -0.05) is 50.2 Å². The zero-order valence-corrected chi connectivity index (χ0v) is 25.1. The fourth-order valence-electron chi connectivity index (χ4n) is 5.84. The van der Waals surface area contributed by atoms with E-state index in [1.807, 2.05) is 61.5 Å². The van der Waals surface area contributed by atoms with Gasteiger partial charge in [0.05, 0.1) is 24.2 Å². The smallest absolute Gasteiger partial charge is 0.282 e. The topological polar surface area (TPSA) is 79.9 Å². The minimum absolute atomic E-state index is 0.212. The second-order valence-electron chi connectivity index (χ2n) is 11.3. The molecule has 0 atom stereocenters. The molecule has 44 heavy (non-hydrogen) atoms. The highest BCUT2D eigenvalue weighted by Gasteiger charge is 2.19. The van der Waals surface area contributed by atoms with E-state index in [2.05, 4.69) is 42.8 Å². The van der Waals surface area contributed by atoms with Crippen molar-refractivity contribution in [2.24, 2.45) is 5.10 Å². The maximum atomic E-state index is 14.0. The molecule has 0 unspecified atom stereocenters. The first-order chi connectivity index (χ1) is 21.4. The SMILES string of the molecule is COc1cc(C)c(-c2nc3ccccc3c(=O)n2N=Cc2cn(Cc3ccc4c(c3)OCO4)c3ccccc23)cc1C(C)C. The van der Waals surface area contributed by atoms with Crippen LogP contribution < -0.4 is 19.8 Å². The van der Waals surface area contributed by atoms with Crippen molar-refractivity contribution in [3.8, 4) is 28.6 Å². The Morgan fingerprint density at radius 1 is 0.977 bits per heavy atom. The Morgan fingerprint density at radius 3 is 2.57 bits per heavy atom. The Kier molecular flexibility index (Phi) is 6.89. The molecule has 6 aromatic rings. The Hall–Kier alpha value is -5.37. The molecule has 0 aliphatic carbocycles. The number of aryl methyl sites for hydroxylation is 1. The highest BCUT2D eigenvalue weighted by Crippen LogP contribution is 2.35. The minimum Gasteiger partial charge on any atom is -0.496 e. The van der Waals surface area contributed by atoms with Gasteiger partial charge in [0.2, 0.25) is 6.79 Å². The lowest BCUT2D eigenvalue weighted by molar-refractivity contribution is 0.174. The van der Waals surface area contributed by atoms with Crippen LogP contribution in [0.3, 0.4) is 0 Å². The Morgan fingerprint density at radius 2 is 1.75 bits per heavy atom. The van der Waals surface area contributed by atoms with Gasteiger partial charge in [-0.25, -0.2) is 4.98 Å². The number of hydrogen-bond donors (Lipinski definition) is 0. The van der Waals surface area contributed by atoms with Crippen molar-refractivity contribution in [1.29, 1.82) is 0 Å². The van der Waals surface area contributed by atoms with Crippen LogP contribution >= 0.6 is 0 Å². The lowest BCUT2D eigenvalue weighted by atomic mass is 9.96. The molecule has 220 valence electrons. The largest absolute Gasteiger partial charge is 0.496 e. The summed E-state index contributed by atoms with van der Waals surface area (Å²) in [5.41, 5.74) is 6.25. The number of rotatable bonds is 7. The number of methoxy groups -OCH3 is 1. The van der Waals surface area contributed by atoms with Gasteiger partial charge in [-0.2, -0.15) is 9.78 Å². The molecule has 8 heteroatoms. The summed E-state index contributed by atoms with van der Waals surface area (Å²) in [5, 5.41) is 6.35. The highest BCUT2D eigenvalue weighted by atomic mass is 16.7. The van der Waals surface area contributed by atoms with Gasteiger partial charge in [0.25, 0.3) is 5.56 Å². The molecule has 0 radical (unpaired) electrons. The normalized spacial score (nSPS) is 12.7. The summed E-state index contributed by atoms with van der Waals surface area (Å²) in [6, 6.07) is 25.6. The van der Waals surface area contributed by atoms with Crippen molar-refractivity contribution >= 4 is 28.0 Å². The van der Waals surface area contributed by atoms with Gasteiger partial charge in [0.15, 0.2) is 17.3 Å². The monoisotopic (exact) mass is 584 g/mol. The van der Waals surface area contributed by atoms with Gasteiger partial charge in [-0.15, -0.1) is 0 Å². The van der Waals surface area contributed by atoms with Crippen molar-refractivity contribution < 1.29 is 14.2 Å². The molecule has 1 aliphatic heterocycles. The Bertz CT molecular complexity index is 2140. The van der Waals surface area contributed by atoms with Crippen LogP contribution in [-0.2, 0) is 6.54 Å². The zero-order chi connectivity index (χ0) is 30.4. The molecule has 0 amide bonds. The van der Waals surface area contributed by atoms with Crippen LogP contribution in [0.5, 0.6) is 17.2 Å². The van der Waals surface area contributed by atoms with Crippen molar-refractivity contribution in [2.45, 2.75) is 33.2 Å². The van der Waals surface area contributed by atoms with E-state index in [4.69, 9.17) is 24.3 Å². The molecule has 0 saturated heterocycles. The predicted molar refractivity (Wildman–Crippen MR) is 173 cm³/mol. The van der Waals surface area contributed by atoms with Gasteiger partial charge in [-0.05, 0) is 72.0 Å². The summed E-state index contributed by atoms with van der Waals surface area (Å²) in [5.74, 6) is 3.03. The van der Waals surface area contributed by atoms with E-state index in [1.165, 1.54) is 4.68 Å². The van der Waals surface area contributed by atoms with Crippen LogP contribution in [-0.4, -0.2) is 34.3 Å². The third-order valence-electron chi connectivity index (χ3n) is 8.12. The van der Waals surface area contributed by atoms with E-state index in [9.17, 15) is 4.79 Å². The minimum atomic E-state index is -0.229. The van der Waals surface area contributed by atoms with Crippen LogP contribution in [0, 0.1) is 6.92 Å². The van der Waals surface area contributed by atoms with Crippen LogP contribution in [0.1, 0.15) is 42.0 Å². The van der Waals surface area contributed by atoms with Crippen LogP contribution in [0.2, 0.25) is 0 Å². The molecule has 0 fully saturated rings. The summed E-state index contributed by atoms with van der Waals surface area (Å²) in [6.45, 7) is 7.12. The quantitative estimate of drug-likeness (QED) is 0.187. The van der Waals surface area contributed by atoms with Crippen LogP contribution in [0.25, 0.3) is 33.2 Å². The molecule has 4 aromatic carbocycles. The van der Waals surface area contributed by atoms with Gasteiger partial charge in [0.1, 0.15) is 5.75 Å². The molecule has 0 N–H and O–H groups in total. The van der Waals surface area contributed by atoms with E-state index in [0.717, 1.165) is 56.0 Å². The standard InChI is InChI=1S/C36H32N4O4/c1-22(2)28-17-29(23(3)15-33(28)42-4)35-38-30-11-7-5-10-27(30)36(41)40(35)37-18-25-20-39(31-12-8-6-9-26(25)31)19-24-13-14-32-34(16-24)44-21-43-32/h5-18,20,22H,19,21H2,1-4H3. The second-order valence-corrected chi connectivity index (χ2v) is 11.3.